The van der Waals surface area contributed by atoms with Gasteiger partial charge in [-0.1, -0.05) is 39.8 Å². The Morgan fingerprint density at radius 3 is 2.52 bits per heavy atom. The van der Waals surface area contributed by atoms with Crippen molar-refractivity contribution in [2.24, 2.45) is 0 Å². The van der Waals surface area contributed by atoms with Gasteiger partial charge in [0.1, 0.15) is 0 Å². The third kappa shape index (κ3) is 4.81. The number of hydrogen-bond donors (Lipinski definition) is 2. The second-order valence-corrected chi connectivity index (χ2v) is 8.88. The van der Waals surface area contributed by atoms with E-state index >= 15 is 0 Å². The van der Waals surface area contributed by atoms with Crippen LogP contribution in [0.25, 0.3) is 10.2 Å². The van der Waals surface area contributed by atoms with E-state index in [4.69, 9.17) is 0 Å². The third-order valence-electron chi connectivity index (χ3n) is 3.69. The first kappa shape index (κ1) is 19.6. The van der Waals surface area contributed by atoms with Crippen LogP contribution in [0.1, 0.15) is 10.4 Å². The van der Waals surface area contributed by atoms with Crippen molar-refractivity contribution in [1.82, 2.24) is 15.3 Å². The van der Waals surface area contributed by atoms with Gasteiger partial charge in [0.05, 0.1) is 16.0 Å². The van der Waals surface area contributed by atoms with E-state index in [1.165, 1.54) is 23.1 Å². The Balaban J connectivity index is 1.36. The fraction of sp³-hybridized carbons (Fsp3) is 0.0556. The van der Waals surface area contributed by atoms with Gasteiger partial charge in [0.15, 0.2) is 4.34 Å². The van der Waals surface area contributed by atoms with Crippen LogP contribution in [0.2, 0.25) is 0 Å². The summed E-state index contributed by atoms with van der Waals surface area (Å²) < 4.78 is 7.37. The van der Waals surface area contributed by atoms with Gasteiger partial charge in [-0.15, -0.1) is 11.3 Å². The van der Waals surface area contributed by atoms with Crippen LogP contribution in [-0.2, 0) is 4.79 Å². The Morgan fingerprint density at radius 2 is 1.76 bits per heavy atom. The minimum Gasteiger partial charge on any atom is -0.304 e. The van der Waals surface area contributed by atoms with Crippen LogP contribution >= 0.6 is 39.0 Å². The average Bonchev–Trinajstić information content (AvgIpc) is 3.33. The summed E-state index contributed by atoms with van der Waals surface area (Å²) in [4.78, 5) is 29.0. The summed E-state index contributed by atoms with van der Waals surface area (Å²) >= 11 is 6.15. The van der Waals surface area contributed by atoms with E-state index < -0.39 is 5.91 Å². The van der Waals surface area contributed by atoms with Crippen LogP contribution in [0.3, 0.4) is 0 Å². The highest BCUT2D eigenvalue weighted by molar-refractivity contribution is 9.10. The predicted molar refractivity (Wildman–Crippen MR) is 115 cm³/mol. The molecule has 0 saturated heterocycles. The summed E-state index contributed by atoms with van der Waals surface area (Å²) in [7, 11) is 0. The number of rotatable bonds is 6. The summed E-state index contributed by atoms with van der Waals surface area (Å²) in [6, 6.07) is 14.6. The van der Waals surface area contributed by atoms with Crippen LogP contribution in [0, 0.1) is 0 Å². The first-order valence-electron chi connectivity index (χ1n) is 8.26. The molecule has 2 N–H and O–H groups in total. The molecule has 2 aromatic carbocycles. The van der Waals surface area contributed by atoms with Gasteiger partial charge < -0.3 is 10.6 Å². The molecule has 8 nitrogen and oxygen atoms in total. The number of nitrogens with zero attached hydrogens (tertiary/aromatic N) is 3. The van der Waals surface area contributed by atoms with Crippen molar-refractivity contribution in [1.29, 1.82) is 0 Å². The molecule has 29 heavy (non-hydrogen) atoms. The minimum absolute atomic E-state index is 0.0382. The fourth-order valence-electron chi connectivity index (χ4n) is 2.34. The van der Waals surface area contributed by atoms with Gasteiger partial charge in [0.2, 0.25) is 17.5 Å². The number of nitrogens with one attached hydrogen (secondary N) is 2. The molecule has 0 saturated carbocycles. The maximum absolute atomic E-state index is 12.3. The molecule has 0 atom stereocenters. The van der Waals surface area contributed by atoms with Crippen molar-refractivity contribution in [3.05, 3.63) is 58.6 Å². The predicted octanol–water partition coefficient (Wildman–Crippen LogP) is 4.42. The zero-order valence-corrected chi connectivity index (χ0v) is 17.8. The molecule has 0 aliphatic carbocycles. The summed E-state index contributed by atoms with van der Waals surface area (Å²) in [6.07, 6.45) is 0. The smallest absolute Gasteiger partial charge is 0.257 e. The van der Waals surface area contributed by atoms with Crippen LogP contribution in [-0.4, -0.2) is 32.9 Å². The summed E-state index contributed by atoms with van der Waals surface area (Å²) in [5.74, 6) is -0.495. The van der Waals surface area contributed by atoms with E-state index in [2.05, 4.69) is 46.5 Å². The number of amides is 2. The van der Waals surface area contributed by atoms with Gasteiger partial charge in [-0.2, -0.15) is 0 Å². The van der Waals surface area contributed by atoms with Crippen molar-refractivity contribution >= 4 is 72.7 Å². The molecule has 146 valence electrons. The lowest BCUT2D eigenvalue weighted by Gasteiger charge is -2.04. The van der Waals surface area contributed by atoms with Crippen molar-refractivity contribution in [3.8, 4) is 0 Å². The number of thiazole rings is 1. The van der Waals surface area contributed by atoms with Crippen LogP contribution in [0.4, 0.5) is 11.6 Å². The summed E-state index contributed by atoms with van der Waals surface area (Å²) in [5.41, 5.74) is 1.33. The molecule has 0 radical (unpaired) electrons. The van der Waals surface area contributed by atoms with Gasteiger partial charge in [0, 0.05) is 10.0 Å². The number of anilines is 2. The first-order chi connectivity index (χ1) is 14.1. The number of thioether (sulfide) groups is 1. The average molecular weight is 490 g/mol. The highest BCUT2D eigenvalue weighted by atomic mass is 79.9. The molecule has 0 fully saturated rings. The van der Waals surface area contributed by atoms with Crippen LogP contribution in [0.5, 0.6) is 0 Å². The Morgan fingerprint density at radius 1 is 1.03 bits per heavy atom. The Kier molecular flexibility index (Phi) is 5.88. The van der Waals surface area contributed by atoms with Crippen molar-refractivity contribution in [3.63, 3.8) is 0 Å². The van der Waals surface area contributed by atoms with E-state index in [0.29, 0.717) is 5.56 Å². The number of carbonyl (C=O) groups is 2. The molecule has 0 aliphatic rings. The molecule has 0 spiro atoms. The highest BCUT2D eigenvalue weighted by Crippen LogP contribution is 2.29. The van der Waals surface area contributed by atoms with Gasteiger partial charge in [-0.05, 0) is 46.7 Å². The lowest BCUT2D eigenvalue weighted by Crippen LogP contribution is -2.18. The number of para-hydroxylation sites is 1. The first-order valence-corrected chi connectivity index (χ1v) is 10.9. The number of aromatic nitrogens is 3. The van der Waals surface area contributed by atoms with Gasteiger partial charge in [-0.3, -0.25) is 9.59 Å². The van der Waals surface area contributed by atoms with E-state index in [-0.39, 0.29) is 23.3 Å². The maximum atomic E-state index is 12.3. The van der Waals surface area contributed by atoms with Crippen molar-refractivity contribution in [2.75, 3.05) is 16.4 Å². The molecule has 11 heteroatoms. The summed E-state index contributed by atoms with van der Waals surface area (Å²) in [6.45, 7) is 0. The quantitative estimate of drug-likeness (QED) is 0.385. The Hall–Kier alpha value is -2.76. The van der Waals surface area contributed by atoms with Crippen molar-refractivity contribution < 1.29 is 14.2 Å². The van der Waals surface area contributed by atoms with E-state index in [9.17, 15) is 9.59 Å². The molecule has 2 heterocycles. The molecule has 0 unspecified atom stereocenters. The molecule has 0 bridgehead atoms. The zero-order chi connectivity index (χ0) is 20.2. The second kappa shape index (κ2) is 8.72. The third-order valence-corrected chi connectivity index (χ3v) is 6.39. The molecule has 4 aromatic rings. The lowest BCUT2D eigenvalue weighted by molar-refractivity contribution is -0.113. The van der Waals surface area contributed by atoms with Crippen LogP contribution in [0.15, 0.2) is 62.0 Å². The van der Waals surface area contributed by atoms with Crippen molar-refractivity contribution in [2.45, 2.75) is 4.34 Å². The molecule has 4 rings (SSSR count). The monoisotopic (exact) mass is 489 g/mol. The molecule has 2 aromatic heterocycles. The Bertz CT molecular complexity index is 1140. The van der Waals surface area contributed by atoms with Gasteiger partial charge in [0.25, 0.3) is 5.91 Å². The second-order valence-electron chi connectivity index (χ2n) is 5.71. The number of fused-ring (bicyclic) bond motifs is 1. The molecular weight excluding hydrogens is 478 g/mol. The van der Waals surface area contributed by atoms with Gasteiger partial charge >= 0.3 is 0 Å². The van der Waals surface area contributed by atoms with Crippen LogP contribution < -0.4 is 10.6 Å². The molecule has 0 aliphatic heterocycles. The summed E-state index contributed by atoms with van der Waals surface area (Å²) in [5, 5.41) is 12.4. The number of halogens is 1. The van der Waals surface area contributed by atoms with E-state index in [0.717, 1.165) is 19.0 Å². The van der Waals surface area contributed by atoms with E-state index in [1.54, 1.807) is 24.3 Å². The van der Waals surface area contributed by atoms with Gasteiger partial charge in [-0.25, -0.2) is 9.61 Å². The maximum Gasteiger partial charge on any atom is 0.257 e. The number of hydrogen-bond acceptors (Lipinski definition) is 8. The SMILES string of the molecule is O=C(CSc1nc2ccccc2s1)Nc1nonc1NC(=O)c1ccc(Br)cc1. The topological polar surface area (TPSA) is 110 Å². The number of carbonyl (C=O) groups excluding carboxylic acids is 2. The number of benzene rings is 2. The Labute approximate surface area is 181 Å². The minimum atomic E-state index is -0.396. The zero-order valence-electron chi connectivity index (χ0n) is 14.6. The highest BCUT2D eigenvalue weighted by Gasteiger charge is 2.17. The molecule has 2 amide bonds. The fourth-order valence-corrected chi connectivity index (χ4v) is 4.47. The van der Waals surface area contributed by atoms with E-state index in [1.807, 2.05) is 24.3 Å². The largest absolute Gasteiger partial charge is 0.304 e. The standard InChI is InChI=1S/C18H12BrN5O3S2/c19-11-7-5-10(6-8-11)17(26)22-16-15(23-27-24-16)21-14(25)9-28-18-20-12-3-1-2-4-13(12)29-18/h1-8H,9H2,(H,21,23,25)(H,22,24,26). The lowest BCUT2D eigenvalue weighted by atomic mass is 10.2. The normalized spacial score (nSPS) is 10.8. The molecular formula is C18H12BrN5O3S2.